The molecule has 1 heterocycles. The quantitative estimate of drug-likeness (QED) is 0.910. The van der Waals surface area contributed by atoms with E-state index in [1.807, 2.05) is 12.1 Å². The molecule has 0 atom stereocenters. The van der Waals surface area contributed by atoms with E-state index >= 15 is 0 Å². The summed E-state index contributed by atoms with van der Waals surface area (Å²) in [4.78, 5) is 28.0. The van der Waals surface area contributed by atoms with Crippen molar-refractivity contribution in [2.75, 3.05) is 11.9 Å². The lowest BCUT2D eigenvalue weighted by molar-refractivity contribution is -0.130. The first-order chi connectivity index (χ1) is 10.3. The van der Waals surface area contributed by atoms with Crippen LogP contribution in [-0.2, 0) is 16.0 Å². The number of nitrogens with one attached hydrogen (secondary N) is 2. The van der Waals surface area contributed by atoms with E-state index in [-0.39, 0.29) is 18.4 Å². The van der Waals surface area contributed by atoms with E-state index in [0.717, 1.165) is 16.6 Å². The molecule has 22 heavy (non-hydrogen) atoms. The Labute approximate surface area is 134 Å². The van der Waals surface area contributed by atoms with Crippen LogP contribution < -0.4 is 10.6 Å². The number of hydrogen-bond donors (Lipinski definition) is 2. The number of nitrogens with zero attached hydrogens (tertiary/aromatic N) is 1. The number of fused-ring (bicyclic) bond motifs is 1. The van der Waals surface area contributed by atoms with Gasteiger partial charge in [0.1, 0.15) is 0 Å². The number of aryl methyl sites for hydroxylation is 1. The van der Waals surface area contributed by atoms with Gasteiger partial charge in [-0.3, -0.25) is 9.59 Å². The van der Waals surface area contributed by atoms with Crippen LogP contribution in [0.25, 0.3) is 10.2 Å². The molecule has 0 aliphatic rings. The van der Waals surface area contributed by atoms with Crippen LogP contribution in [0.3, 0.4) is 0 Å². The molecule has 1 aromatic carbocycles. The van der Waals surface area contributed by atoms with Gasteiger partial charge in [0.15, 0.2) is 5.13 Å². The maximum absolute atomic E-state index is 11.9. The van der Waals surface area contributed by atoms with Gasteiger partial charge < -0.3 is 10.6 Å². The Hall–Kier alpha value is -1.95. The maximum Gasteiger partial charge on any atom is 0.245 e. The van der Waals surface area contributed by atoms with Crippen LogP contribution >= 0.6 is 11.3 Å². The molecule has 1 aromatic heterocycles. The number of carbonyl (C=O) groups excluding carboxylic acids is 2. The van der Waals surface area contributed by atoms with E-state index in [4.69, 9.17) is 0 Å². The van der Waals surface area contributed by atoms with E-state index in [0.29, 0.717) is 5.13 Å². The second kappa shape index (κ2) is 6.44. The van der Waals surface area contributed by atoms with Crippen LogP contribution in [0.2, 0.25) is 0 Å². The molecule has 6 heteroatoms. The molecule has 0 radical (unpaired) electrons. The molecule has 0 spiro atoms. The smallest absolute Gasteiger partial charge is 0.245 e. The number of hydrogen-bond acceptors (Lipinski definition) is 4. The van der Waals surface area contributed by atoms with Crippen molar-refractivity contribution >= 4 is 38.5 Å². The molecular weight excluding hydrogens is 298 g/mol. The van der Waals surface area contributed by atoms with Gasteiger partial charge in [0.05, 0.1) is 16.8 Å². The third kappa shape index (κ3) is 4.04. The average Bonchev–Trinajstić information content (AvgIpc) is 2.84. The van der Waals surface area contributed by atoms with Crippen LogP contribution in [0.15, 0.2) is 18.2 Å². The molecule has 2 N–H and O–H groups in total. The molecule has 2 rings (SSSR count). The first-order valence-corrected chi connectivity index (χ1v) is 8.09. The normalized spacial score (nSPS) is 11.5. The van der Waals surface area contributed by atoms with E-state index in [1.54, 1.807) is 20.8 Å². The zero-order valence-corrected chi connectivity index (χ0v) is 14.1. The summed E-state index contributed by atoms with van der Waals surface area (Å²) in [6, 6.07) is 6.09. The summed E-state index contributed by atoms with van der Waals surface area (Å²) >= 11 is 1.44. The molecule has 2 amide bonds. The zero-order valence-electron chi connectivity index (χ0n) is 13.3. The minimum Gasteiger partial charge on any atom is -0.347 e. The fourth-order valence-corrected chi connectivity index (χ4v) is 2.78. The molecule has 5 nitrogen and oxygen atoms in total. The summed E-state index contributed by atoms with van der Waals surface area (Å²) in [5.41, 5.74) is 1.61. The average molecular weight is 319 g/mol. The van der Waals surface area contributed by atoms with Gasteiger partial charge in [-0.15, -0.1) is 0 Å². The highest BCUT2D eigenvalue weighted by Gasteiger charge is 2.21. The molecule has 2 aromatic rings. The Kier molecular flexibility index (Phi) is 4.81. The Morgan fingerprint density at radius 2 is 2.00 bits per heavy atom. The molecule has 0 bridgehead atoms. The van der Waals surface area contributed by atoms with Crippen LogP contribution in [0.4, 0.5) is 5.13 Å². The summed E-state index contributed by atoms with van der Waals surface area (Å²) in [5.74, 6) is -0.424. The largest absolute Gasteiger partial charge is 0.347 e. The second-order valence-electron chi connectivity index (χ2n) is 6.16. The monoisotopic (exact) mass is 319 g/mol. The van der Waals surface area contributed by atoms with Gasteiger partial charge in [0.2, 0.25) is 11.8 Å². The van der Waals surface area contributed by atoms with Crippen molar-refractivity contribution < 1.29 is 9.59 Å². The van der Waals surface area contributed by atoms with Gasteiger partial charge in [0, 0.05) is 5.41 Å². The number of benzene rings is 1. The minimum atomic E-state index is -0.507. The Morgan fingerprint density at radius 3 is 2.64 bits per heavy atom. The van der Waals surface area contributed by atoms with Crippen molar-refractivity contribution in [3.05, 3.63) is 23.8 Å². The van der Waals surface area contributed by atoms with Crippen molar-refractivity contribution in [2.45, 2.75) is 34.1 Å². The molecule has 118 valence electrons. The highest BCUT2D eigenvalue weighted by Crippen LogP contribution is 2.26. The van der Waals surface area contributed by atoms with Crippen LogP contribution in [-0.4, -0.2) is 23.3 Å². The van der Waals surface area contributed by atoms with Gasteiger partial charge in [-0.2, -0.15) is 0 Å². The first kappa shape index (κ1) is 16.4. The van der Waals surface area contributed by atoms with E-state index < -0.39 is 5.41 Å². The molecule has 0 saturated carbocycles. The first-order valence-electron chi connectivity index (χ1n) is 7.27. The third-order valence-corrected chi connectivity index (χ3v) is 4.13. The predicted molar refractivity (Wildman–Crippen MR) is 90.1 cm³/mol. The van der Waals surface area contributed by atoms with Gasteiger partial charge in [-0.25, -0.2) is 4.98 Å². The van der Waals surface area contributed by atoms with E-state index in [9.17, 15) is 9.59 Å². The van der Waals surface area contributed by atoms with E-state index in [1.165, 1.54) is 16.9 Å². The Bertz CT molecular complexity index is 701. The lowest BCUT2D eigenvalue weighted by atomic mass is 9.96. The number of thiazole rings is 1. The maximum atomic E-state index is 11.9. The van der Waals surface area contributed by atoms with Gasteiger partial charge in [-0.1, -0.05) is 45.1 Å². The molecule has 0 aliphatic carbocycles. The highest BCUT2D eigenvalue weighted by atomic mass is 32.1. The molecule has 0 unspecified atom stereocenters. The third-order valence-electron chi connectivity index (χ3n) is 3.20. The fourth-order valence-electron chi connectivity index (χ4n) is 1.83. The summed E-state index contributed by atoms with van der Waals surface area (Å²) in [5, 5.41) is 5.90. The number of carbonyl (C=O) groups is 2. The topological polar surface area (TPSA) is 71.1 Å². The molecule has 0 saturated heterocycles. The lowest BCUT2D eigenvalue weighted by Crippen LogP contribution is -2.39. The number of aromatic nitrogens is 1. The molecule has 0 fully saturated rings. The summed E-state index contributed by atoms with van der Waals surface area (Å²) in [6.45, 7) is 7.46. The minimum absolute atomic E-state index is 0.0494. The summed E-state index contributed by atoms with van der Waals surface area (Å²) in [7, 11) is 0. The van der Waals surface area contributed by atoms with Gasteiger partial charge in [-0.05, 0) is 24.1 Å². The van der Waals surface area contributed by atoms with Gasteiger partial charge in [0.25, 0.3) is 0 Å². The second-order valence-corrected chi connectivity index (χ2v) is 7.19. The highest BCUT2D eigenvalue weighted by molar-refractivity contribution is 7.22. The van der Waals surface area contributed by atoms with Crippen molar-refractivity contribution in [2.24, 2.45) is 5.41 Å². The standard InChI is InChI=1S/C16H21N3O2S/c1-5-10-6-7-11-12(8-10)22-15(18-11)19-13(20)9-17-14(21)16(2,3)4/h6-8H,5,9H2,1-4H3,(H,17,21)(H,18,19,20). The van der Waals surface area contributed by atoms with Crippen LogP contribution in [0.1, 0.15) is 33.3 Å². The molecule has 0 aliphatic heterocycles. The summed E-state index contributed by atoms with van der Waals surface area (Å²) < 4.78 is 1.05. The Balaban J connectivity index is 1.98. The van der Waals surface area contributed by atoms with Crippen molar-refractivity contribution in [1.29, 1.82) is 0 Å². The van der Waals surface area contributed by atoms with Crippen molar-refractivity contribution in [1.82, 2.24) is 10.3 Å². The number of amides is 2. The van der Waals surface area contributed by atoms with Crippen molar-refractivity contribution in [3.63, 3.8) is 0 Å². The van der Waals surface area contributed by atoms with Crippen LogP contribution in [0.5, 0.6) is 0 Å². The molecular formula is C16H21N3O2S. The Morgan fingerprint density at radius 1 is 1.27 bits per heavy atom. The lowest BCUT2D eigenvalue weighted by Gasteiger charge is -2.17. The van der Waals surface area contributed by atoms with Crippen LogP contribution in [0, 0.1) is 5.41 Å². The van der Waals surface area contributed by atoms with Gasteiger partial charge >= 0.3 is 0 Å². The van der Waals surface area contributed by atoms with Crippen molar-refractivity contribution in [3.8, 4) is 0 Å². The zero-order chi connectivity index (χ0) is 16.3. The fraction of sp³-hybridized carbons (Fsp3) is 0.438. The SMILES string of the molecule is CCc1ccc2nc(NC(=O)CNC(=O)C(C)(C)C)sc2c1. The summed E-state index contributed by atoms with van der Waals surface area (Å²) in [6.07, 6.45) is 0.967. The number of anilines is 1. The predicted octanol–water partition coefficient (Wildman–Crippen LogP) is 2.96. The number of rotatable bonds is 4. The van der Waals surface area contributed by atoms with E-state index in [2.05, 4.69) is 28.6 Å².